The summed E-state index contributed by atoms with van der Waals surface area (Å²) in [6.45, 7) is 2.08. The van der Waals surface area contributed by atoms with Crippen molar-refractivity contribution in [2.75, 3.05) is 6.54 Å². The van der Waals surface area contributed by atoms with Crippen molar-refractivity contribution in [1.29, 1.82) is 0 Å². The van der Waals surface area contributed by atoms with E-state index in [0.717, 1.165) is 24.4 Å². The van der Waals surface area contributed by atoms with Crippen LogP contribution in [0.1, 0.15) is 12.8 Å². The van der Waals surface area contributed by atoms with Crippen molar-refractivity contribution in [3.8, 4) is 11.3 Å². The molecule has 1 saturated heterocycles. The Balaban J connectivity index is 1.72. The third-order valence-electron chi connectivity index (χ3n) is 3.01. The van der Waals surface area contributed by atoms with Gasteiger partial charge in [0.1, 0.15) is 5.76 Å². The smallest absolute Gasteiger partial charge is 0.137 e. The molecule has 84 valence electrons. The zero-order valence-corrected chi connectivity index (χ0v) is 9.10. The highest BCUT2D eigenvalue weighted by atomic mass is 16.3. The Morgan fingerprint density at radius 2 is 2.56 bits per heavy atom. The molecular formula is C12H15N3O. The number of nitrogens with one attached hydrogen (secondary N) is 1. The molecule has 0 aliphatic carbocycles. The fraction of sp³-hybridized carbons (Fsp3) is 0.417. The first-order valence-corrected chi connectivity index (χ1v) is 5.71. The van der Waals surface area contributed by atoms with Crippen LogP contribution >= 0.6 is 0 Å². The van der Waals surface area contributed by atoms with E-state index in [1.54, 1.807) is 6.26 Å². The van der Waals surface area contributed by atoms with Crippen LogP contribution in [0.4, 0.5) is 0 Å². The minimum atomic E-state index is 0.573. The van der Waals surface area contributed by atoms with Gasteiger partial charge in [-0.05, 0) is 31.5 Å². The molecule has 0 aromatic carbocycles. The Hall–Kier alpha value is -1.55. The number of nitrogens with zero attached hydrogens (tertiary/aromatic N) is 2. The predicted octanol–water partition coefficient (Wildman–Crippen LogP) is 1.90. The van der Waals surface area contributed by atoms with Crippen LogP contribution in [0.15, 0.2) is 35.2 Å². The Labute approximate surface area is 94.3 Å². The maximum absolute atomic E-state index is 5.33. The first-order chi connectivity index (χ1) is 7.92. The molecule has 1 atom stereocenters. The average molecular weight is 217 g/mol. The maximum atomic E-state index is 5.33. The van der Waals surface area contributed by atoms with Gasteiger partial charge in [0.05, 0.1) is 24.6 Å². The molecule has 0 saturated carbocycles. The summed E-state index contributed by atoms with van der Waals surface area (Å²) in [6, 6.07) is 4.42. The molecule has 0 unspecified atom stereocenters. The average Bonchev–Trinajstić information content (AvgIpc) is 2.99. The monoisotopic (exact) mass is 217 g/mol. The molecule has 3 rings (SSSR count). The Morgan fingerprint density at radius 1 is 1.56 bits per heavy atom. The fourth-order valence-corrected chi connectivity index (χ4v) is 2.17. The van der Waals surface area contributed by atoms with Crippen molar-refractivity contribution in [2.45, 2.75) is 25.4 Å². The molecule has 1 fully saturated rings. The standard InChI is InChI=1S/C12H15N3O/c1-3-11(13-5-1)9-15-8-10(7-14-15)12-4-2-6-16-12/h2,4,6-8,11,13H,1,3,5,9H2/t11-/m1/s1. The van der Waals surface area contributed by atoms with Gasteiger partial charge in [-0.3, -0.25) is 4.68 Å². The van der Waals surface area contributed by atoms with Crippen molar-refractivity contribution in [2.24, 2.45) is 0 Å². The number of aromatic nitrogens is 2. The Morgan fingerprint density at radius 3 is 3.31 bits per heavy atom. The summed E-state index contributed by atoms with van der Waals surface area (Å²) in [5.41, 5.74) is 1.04. The number of furan rings is 1. The second-order valence-electron chi connectivity index (χ2n) is 4.22. The molecule has 1 aliphatic rings. The van der Waals surface area contributed by atoms with E-state index >= 15 is 0 Å². The summed E-state index contributed by atoms with van der Waals surface area (Å²) in [5.74, 6) is 0.880. The van der Waals surface area contributed by atoms with Crippen LogP contribution in [0.2, 0.25) is 0 Å². The van der Waals surface area contributed by atoms with Gasteiger partial charge in [0.2, 0.25) is 0 Å². The van der Waals surface area contributed by atoms with Gasteiger partial charge < -0.3 is 9.73 Å². The summed E-state index contributed by atoms with van der Waals surface area (Å²) >= 11 is 0. The summed E-state index contributed by atoms with van der Waals surface area (Å²) in [6.07, 6.45) is 8.10. The molecule has 0 amide bonds. The molecule has 16 heavy (non-hydrogen) atoms. The normalized spacial score (nSPS) is 20.4. The number of rotatable bonds is 3. The molecule has 4 nitrogen and oxygen atoms in total. The molecular weight excluding hydrogens is 202 g/mol. The lowest BCUT2D eigenvalue weighted by atomic mass is 10.2. The molecule has 3 heterocycles. The Kier molecular flexibility index (Phi) is 2.50. The SMILES string of the molecule is c1coc(-c2cnn(C[C@H]3CCCN3)c2)c1. The van der Waals surface area contributed by atoms with Gasteiger partial charge in [0, 0.05) is 12.2 Å². The second kappa shape index (κ2) is 4.14. The summed E-state index contributed by atoms with van der Waals surface area (Å²) in [5, 5.41) is 7.82. The van der Waals surface area contributed by atoms with Crippen molar-refractivity contribution >= 4 is 0 Å². The lowest BCUT2D eigenvalue weighted by Gasteiger charge is -2.09. The van der Waals surface area contributed by atoms with Crippen molar-refractivity contribution in [3.63, 3.8) is 0 Å². The Bertz CT molecular complexity index is 441. The lowest BCUT2D eigenvalue weighted by molar-refractivity contribution is 0.476. The van der Waals surface area contributed by atoms with E-state index in [9.17, 15) is 0 Å². The quantitative estimate of drug-likeness (QED) is 0.853. The van der Waals surface area contributed by atoms with Gasteiger partial charge in [-0.2, -0.15) is 5.10 Å². The van der Waals surface area contributed by atoms with Crippen LogP contribution in [0.25, 0.3) is 11.3 Å². The molecule has 2 aromatic heterocycles. The van der Waals surface area contributed by atoms with Gasteiger partial charge in [-0.1, -0.05) is 0 Å². The number of hydrogen-bond donors (Lipinski definition) is 1. The second-order valence-corrected chi connectivity index (χ2v) is 4.22. The minimum absolute atomic E-state index is 0.573. The van der Waals surface area contributed by atoms with Crippen molar-refractivity contribution in [3.05, 3.63) is 30.8 Å². The maximum Gasteiger partial charge on any atom is 0.137 e. The molecule has 0 bridgehead atoms. The third kappa shape index (κ3) is 1.88. The minimum Gasteiger partial charge on any atom is -0.464 e. The van der Waals surface area contributed by atoms with Crippen LogP contribution in [-0.2, 0) is 6.54 Å². The van der Waals surface area contributed by atoms with Gasteiger partial charge in [0.15, 0.2) is 0 Å². The van der Waals surface area contributed by atoms with Crippen molar-refractivity contribution < 1.29 is 4.42 Å². The molecule has 1 N–H and O–H groups in total. The van der Waals surface area contributed by atoms with Crippen LogP contribution in [0.3, 0.4) is 0 Å². The number of hydrogen-bond acceptors (Lipinski definition) is 3. The van der Waals surface area contributed by atoms with E-state index in [0.29, 0.717) is 6.04 Å². The third-order valence-corrected chi connectivity index (χ3v) is 3.01. The van der Waals surface area contributed by atoms with Gasteiger partial charge >= 0.3 is 0 Å². The van der Waals surface area contributed by atoms with E-state index in [1.165, 1.54) is 12.8 Å². The first kappa shape index (κ1) is 9.66. The highest BCUT2D eigenvalue weighted by Gasteiger charge is 2.15. The molecule has 0 radical (unpaired) electrons. The van der Waals surface area contributed by atoms with E-state index in [4.69, 9.17) is 4.42 Å². The largest absolute Gasteiger partial charge is 0.464 e. The van der Waals surface area contributed by atoms with Crippen LogP contribution in [-0.4, -0.2) is 22.4 Å². The van der Waals surface area contributed by atoms with Gasteiger partial charge in [0.25, 0.3) is 0 Å². The van der Waals surface area contributed by atoms with E-state index < -0.39 is 0 Å². The van der Waals surface area contributed by atoms with E-state index in [2.05, 4.69) is 10.4 Å². The summed E-state index contributed by atoms with van der Waals surface area (Å²) < 4.78 is 7.32. The van der Waals surface area contributed by atoms with Crippen LogP contribution < -0.4 is 5.32 Å². The highest BCUT2D eigenvalue weighted by Crippen LogP contribution is 2.19. The summed E-state index contributed by atoms with van der Waals surface area (Å²) in [4.78, 5) is 0. The fourth-order valence-electron chi connectivity index (χ4n) is 2.17. The molecule has 4 heteroatoms. The molecule has 2 aromatic rings. The van der Waals surface area contributed by atoms with Gasteiger partial charge in [-0.15, -0.1) is 0 Å². The predicted molar refractivity (Wildman–Crippen MR) is 61.0 cm³/mol. The lowest BCUT2D eigenvalue weighted by Crippen LogP contribution is -2.26. The first-order valence-electron chi connectivity index (χ1n) is 5.71. The van der Waals surface area contributed by atoms with Crippen LogP contribution in [0, 0.1) is 0 Å². The van der Waals surface area contributed by atoms with E-state index in [-0.39, 0.29) is 0 Å². The molecule has 1 aliphatic heterocycles. The summed E-state index contributed by atoms with van der Waals surface area (Å²) in [7, 11) is 0. The van der Waals surface area contributed by atoms with Gasteiger partial charge in [-0.25, -0.2) is 0 Å². The zero-order valence-electron chi connectivity index (χ0n) is 9.10. The molecule has 0 spiro atoms. The van der Waals surface area contributed by atoms with Crippen molar-refractivity contribution in [1.82, 2.24) is 15.1 Å². The van der Waals surface area contributed by atoms with Crippen LogP contribution in [0.5, 0.6) is 0 Å². The van der Waals surface area contributed by atoms with E-state index in [1.807, 2.05) is 29.2 Å². The highest BCUT2D eigenvalue weighted by molar-refractivity contribution is 5.54. The topological polar surface area (TPSA) is 43.0 Å². The zero-order chi connectivity index (χ0) is 10.8.